The Labute approximate surface area is 120 Å². The smallest absolute Gasteiger partial charge is 0.320 e. The van der Waals surface area contributed by atoms with Crippen molar-refractivity contribution in [3.63, 3.8) is 0 Å². The molecule has 0 radical (unpaired) electrons. The van der Waals surface area contributed by atoms with Gasteiger partial charge in [-0.3, -0.25) is 4.79 Å². The van der Waals surface area contributed by atoms with E-state index in [1.807, 2.05) is 4.90 Å². The molecule has 2 amide bonds. The lowest BCUT2D eigenvalue weighted by Gasteiger charge is -2.34. The van der Waals surface area contributed by atoms with Gasteiger partial charge in [-0.15, -0.1) is 0 Å². The van der Waals surface area contributed by atoms with Crippen LogP contribution in [-0.4, -0.2) is 53.1 Å². The highest BCUT2D eigenvalue weighted by Crippen LogP contribution is 2.37. The van der Waals surface area contributed by atoms with Crippen LogP contribution in [0.5, 0.6) is 0 Å². The lowest BCUT2D eigenvalue weighted by molar-refractivity contribution is -0.143. The predicted molar refractivity (Wildman–Crippen MR) is 76.5 cm³/mol. The van der Waals surface area contributed by atoms with Gasteiger partial charge in [0.2, 0.25) is 0 Å². The van der Waals surface area contributed by atoms with Gasteiger partial charge in [0.15, 0.2) is 0 Å². The number of piperidine rings is 1. The van der Waals surface area contributed by atoms with Crippen LogP contribution in [0.2, 0.25) is 0 Å². The Bertz CT molecular complexity index is 379. The molecule has 2 aliphatic rings. The van der Waals surface area contributed by atoms with E-state index in [4.69, 9.17) is 5.11 Å². The first kappa shape index (κ1) is 15.1. The van der Waals surface area contributed by atoms with Crippen molar-refractivity contribution in [2.45, 2.75) is 46.0 Å². The van der Waals surface area contributed by atoms with Gasteiger partial charge >= 0.3 is 12.0 Å². The third kappa shape index (κ3) is 2.91. The molecule has 0 aliphatic carbocycles. The Kier molecular flexibility index (Phi) is 4.55. The molecule has 0 aromatic carbocycles. The fraction of sp³-hybridized carbons (Fsp3) is 0.867. The summed E-state index contributed by atoms with van der Waals surface area (Å²) >= 11 is 0. The number of carbonyl (C=O) groups is 2. The zero-order valence-corrected chi connectivity index (χ0v) is 12.6. The molecule has 2 saturated heterocycles. The highest BCUT2D eigenvalue weighted by Gasteiger charge is 2.39. The second-order valence-electron chi connectivity index (χ2n) is 6.28. The third-order valence-corrected chi connectivity index (χ3v) is 5.25. The third-order valence-electron chi connectivity index (χ3n) is 5.25. The molecular formula is C15H26N2O3. The molecule has 2 rings (SSSR count). The van der Waals surface area contributed by atoms with Crippen LogP contribution in [0.25, 0.3) is 0 Å². The Hall–Kier alpha value is -1.26. The Morgan fingerprint density at radius 1 is 1.20 bits per heavy atom. The number of carboxylic acids is 1. The number of hydrogen-bond acceptors (Lipinski definition) is 2. The molecule has 5 heteroatoms. The van der Waals surface area contributed by atoms with Gasteiger partial charge in [-0.05, 0) is 37.5 Å². The second kappa shape index (κ2) is 6.02. The standard InChI is InChI=1S/C15H26N2O3/c1-3-15(4-2)7-9-17(11-15)14(20)16-8-5-6-12(10-16)13(18)19/h12H,3-11H2,1-2H3,(H,18,19)/t12-/m1/s1. The molecule has 20 heavy (non-hydrogen) atoms. The van der Waals surface area contributed by atoms with E-state index in [-0.39, 0.29) is 11.4 Å². The average Bonchev–Trinajstić information content (AvgIpc) is 2.91. The van der Waals surface area contributed by atoms with Crippen LogP contribution in [0.15, 0.2) is 0 Å². The number of nitrogens with zero attached hydrogens (tertiary/aromatic N) is 2. The first-order valence-electron chi connectivity index (χ1n) is 7.78. The van der Waals surface area contributed by atoms with E-state index in [0.717, 1.165) is 38.8 Å². The minimum absolute atomic E-state index is 0.0414. The molecule has 0 unspecified atom stereocenters. The van der Waals surface area contributed by atoms with Gasteiger partial charge in [0.05, 0.1) is 5.92 Å². The molecule has 0 spiro atoms. The number of carboxylic acid groups (broad SMARTS) is 1. The topological polar surface area (TPSA) is 60.9 Å². The van der Waals surface area contributed by atoms with Crippen LogP contribution >= 0.6 is 0 Å². The minimum atomic E-state index is -0.777. The molecule has 0 saturated carbocycles. The van der Waals surface area contributed by atoms with Gasteiger partial charge < -0.3 is 14.9 Å². The first-order valence-corrected chi connectivity index (χ1v) is 7.78. The molecule has 1 atom stereocenters. The number of carbonyl (C=O) groups excluding carboxylic acids is 1. The molecule has 5 nitrogen and oxygen atoms in total. The zero-order chi connectivity index (χ0) is 14.8. The van der Waals surface area contributed by atoms with Crippen LogP contribution in [0, 0.1) is 11.3 Å². The number of hydrogen-bond donors (Lipinski definition) is 1. The van der Waals surface area contributed by atoms with Gasteiger partial charge in [-0.2, -0.15) is 0 Å². The van der Waals surface area contributed by atoms with E-state index in [0.29, 0.717) is 19.5 Å². The zero-order valence-electron chi connectivity index (χ0n) is 12.6. The minimum Gasteiger partial charge on any atom is -0.481 e. The van der Waals surface area contributed by atoms with Crippen molar-refractivity contribution in [1.82, 2.24) is 9.80 Å². The van der Waals surface area contributed by atoms with E-state index >= 15 is 0 Å². The van der Waals surface area contributed by atoms with Crippen LogP contribution in [0.4, 0.5) is 4.79 Å². The largest absolute Gasteiger partial charge is 0.481 e. The van der Waals surface area contributed by atoms with Gasteiger partial charge in [-0.25, -0.2) is 4.79 Å². The predicted octanol–water partition coefficient (Wildman–Crippen LogP) is 2.42. The summed E-state index contributed by atoms with van der Waals surface area (Å²) < 4.78 is 0. The highest BCUT2D eigenvalue weighted by molar-refractivity contribution is 5.77. The van der Waals surface area contributed by atoms with Crippen molar-refractivity contribution >= 4 is 12.0 Å². The Morgan fingerprint density at radius 2 is 1.90 bits per heavy atom. The maximum Gasteiger partial charge on any atom is 0.320 e. The van der Waals surface area contributed by atoms with Gasteiger partial charge in [-0.1, -0.05) is 13.8 Å². The summed E-state index contributed by atoms with van der Waals surface area (Å²) in [4.78, 5) is 27.3. The van der Waals surface area contributed by atoms with Crippen LogP contribution in [0.1, 0.15) is 46.0 Å². The van der Waals surface area contributed by atoms with Crippen molar-refractivity contribution < 1.29 is 14.7 Å². The van der Waals surface area contributed by atoms with Crippen molar-refractivity contribution in [3.8, 4) is 0 Å². The highest BCUT2D eigenvalue weighted by atomic mass is 16.4. The molecule has 0 aromatic rings. The summed E-state index contributed by atoms with van der Waals surface area (Å²) in [5.41, 5.74) is 0.275. The first-order chi connectivity index (χ1) is 9.51. The van der Waals surface area contributed by atoms with Crippen molar-refractivity contribution in [2.75, 3.05) is 26.2 Å². The van der Waals surface area contributed by atoms with Gasteiger partial charge in [0.1, 0.15) is 0 Å². The molecule has 0 aromatic heterocycles. The summed E-state index contributed by atoms with van der Waals surface area (Å²) in [6.07, 6.45) is 4.76. The van der Waals surface area contributed by atoms with E-state index in [9.17, 15) is 9.59 Å². The lowest BCUT2D eigenvalue weighted by atomic mass is 9.82. The quantitative estimate of drug-likeness (QED) is 0.864. The Balaban J connectivity index is 1.96. The number of aliphatic carboxylic acids is 1. The van der Waals surface area contributed by atoms with E-state index in [1.165, 1.54) is 0 Å². The van der Waals surface area contributed by atoms with Crippen molar-refractivity contribution in [1.29, 1.82) is 0 Å². The van der Waals surface area contributed by atoms with E-state index in [1.54, 1.807) is 4.90 Å². The van der Waals surface area contributed by atoms with Crippen LogP contribution < -0.4 is 0 Å². The van der Waals surface area contributed by atoms with E-state index in [2.05, 4.69) is 13.8 Å². The van der Waals surface area contributed by atoms with E-state index < -0.39 is 11.9 Å². The summed E-state index contributed by atoms with van der Waals surface area (Å²) in [5, 5.41) is 9.11. The van der Waals surface area contributed by atoms with Crippen molar-refractivity contribution in [2.24, 2.45) is 11.3 Å². The normalized spacial score (nSPS) is 25.8. The fourth-order valence-corrected chi connectivity index (χ4v) is 3.48. The maximum atomic E-state index is 12.5. The number of urea groups is 1. The Morgan fingerprint density at radius 3 is 2.45 bits per heavy atom. The number of amides is 2. The second-order valence-corrected chi connectivity index (χ2v) is 6.28. The SMILES string of the molecule is CCC1(CC)CCN(C(=O)N2CCC[C@@H](C(=O)O)C2)C1. The average molecular weight is 282 g/mol. The number of rotatable bonds is 3. The molecule has 2 aliphatic heterocycles. The maximum absolute atomic E-state index is 12.5. The molecule has 2 fully saturated rings. The summed E-state index contributed by atoms with van der Waals surface area (Å²) in [6.45, 7) is 7.10. The molecule has 1 N–H and O–H groups in total. The molecular weight excluding hydrogens is 256 g/mol. The monoisotopic (exact) mass is 282 g/mol. The molecule has 0 bridgehead atoms. The summed E-state index contributed by atoms with van der Waals surface area (Å²) in [7, 11) is 0. The summed E-state index contributed by atoms with van der Waals surface area (Å²) in [5.74, 6) is -1.17. The van der Waals surface area contributed by atoms with Gasteiger partial charge in [0.25, 0.3) is 0 Å². The lowest BCUT2D eigenvalue weighted by Crippen LogP contribution is -2.48. The summed E-state index contributed by atoms with van der Waals surface area (Å²) in [6, 6.07) is 0.0414. The van der Waals surface area contributed by atoms with Crippen molar-refractivity contribution in [3.05, 3.63) is 0 Å². The van der Waals surface area contributed by atoms with Gasteiger partial charge in [0, 0.05) is 26.2 Å². The molecule has 114 valence electrons. The molecule has 2 heterocycles. The fourth-order valence-electron chi connectivity index (χ4n) is 3.48. The van der Waals surface area contributed by atoms with Crippen LogP contribution in [-0.2, 0) is 4.79 Å². The number of likely N-dealkylation sites (tertiary alicyclic amines) is 2. The van der Waals surface area contributed by atoms with Crippen LogP contribution in [0.3, 0.4) is 0 Å².